The molecule has 3 rings (SSSR count). The monoisotopic (exact) mass is 914 g/mol. The Morgan fingerprint density at radius 1 is 0.636 bits per heavy atom. The van der Waals surface area contributed by atoms with Crippen molar-refractivity contribution in [2.75, 3.05) is 57.5 Å². The summed E-state index contributed by atoms with van der Waals surface area (Å²) in [6.07, 6.45) is 23.2. The lowest BCUT2D eigenvalue weighted by Gasteiger charge is -2.35. The molecule has 66 heavy (non-hydrogen) atoms. The number of ether oxygens (including phenoxy) is 4. The second-order valence-corrected chi connectivity index (χ2v) is 16.3. The molecule has 0 bridgehead atoms. The Balaban J connectivity index is 1.69. The molecule has 0 aliphatic heterocycles. The number of allylic oxidation sites excluding steroid dienone is 5. The average Bonchev–Trinajstić information content (AvgIpc) is 3.32. The number of carbonyl (C=O) groups excluding carboxylic acids is 5. The molecule has 1 aromatic carbocycles. The third kappa shape index (κ3) is 18.7. The van der Waals surface area contributed by atoms with E-state index in [2.05, 4.69) is 35.8 Å². The fourth-order valence-corrected chi connectivity index (χ4v) is 7.78. The molecule has 0 amide bonds. The molecule has 0 heterocycles. The van der Waals surface area contributed by atoms with E-state index < -0.39 is 41.5 Å². The molecule has 0 aromatic heterocycles. The van der Waals surface area contributed by atoms with Crippen LogP contribution in [0.5, 0.6) is 5.75 Å². The van der Waals surface area contributed by atoms with Gasteiger partial charge >= 0.3 is 23.9 Å². The van der Waals surface area contributed by atoms with Gasteiger partial charge in [-0.2, -0.15) is 0 Å². The van der Waals surface area contributed by atoms with Gasteiger partial charge in [0.15, 0.2) is 5.78 Å². The maximum absolute atomic E-state index is 13.7. The Bertz CT molecular complexity index is 1890. The van der Waals surface area contributed by atoms with E-state index in [-0.39, 0.29) is 28.4 Å². The fraction of sp³-hybridized carbons (Fsp3) is 0.500. The summed E-state index contributed by atoms with van der Waals surface area (Å²) in [4.78, 5) is 61.2. The molecule has 360 valence electrons. The lowest BCUT2D eigenvalue weighted by atomic mass is 9.70. The number of carbonyl (C=O) groups is 5. The molecule has 1 aromatic rings. The van der Waals surface area contributed by atoms with Crippen molar-refractivity contribution in [1.82, 2.24) is 0 Å². The van der Waals surface area contributed by atoms with E-state index >= 15 is 0 Å². The second kappa shape index (κ2) is 30.9. The SMILES string of the molecule is C=CC(=O)OCCCCCCN(CCCCCCOC(=O)C=C)c1ccc(C2=C(O)C(C3C=CC(=[N+](CCCCCCOC(=O)C=C)CCCCCCOC(=O)C=C)C=C3O)C2=O)c([O-])c1. The topological polar surface area (TPSA) is 192 Å². The summed E-state index contributed by atoms with van der Waals surface area (Å²) in [6, 6.07) is 4.89. The van der Waals surface area contributed by atoms with Crippen LogP contribution in [0.3, 0.4) is 0 Å². The highest BCUT2D eigenvalue weighted by Crippen LogP contribution is 2.46. The fourth-order valence-electron chi connectivity index (χ4n) is 7.78. The van der Waals surface area contributed by atoms with E-state index in [1.54, 1.807) is 24.3 Å². The second-order valence-electron chi connectivity index (χ2n) is 16.3. The van der Waals surface area contributed by atoms with Crippen LogP contribution in [0, 0.1) is 11.8 Å². The number of nitrogens with zero attached hydrogens (tertiary/aromatic N) is 2. The molecular formula is C52H70N2O12. The van der Waals surface area contributed by atoms with Crippen LogP contribution in [-0.2, 0) is 42.9 Å². The zero-order valence-electron chi connectivity index (χ0n) is 38.6. The van der Waals surface area contributed by atoms with Crippen LogP contribution in [0.15, 0.2) is 98.6 Å². The number of anilines is 1. The number of aliphatic hydroxyl groups is 2. The van der Waals surface area contributed by atoms with E-state index in [1.165, 1.54) is 6.07 Å². The van der Waals surface area contributed by atoms with Crippen LogP contribution in [0.2, 0.25) is 0 Å². The Morgan fingerprint density at radius 3 is 1.45 bits per heavy atom. The standard InChI is InChI=1S/C52H70N2O12/c1-5-45(57)63-33-21-13-9-17-29-53(30-18-10-14-22-34-64-46(58)6-2)39-25-27-41(43(55)37-39)49-51(61)50(52(49)62)42-28-26-40(38-44(42)56)54(31-19-11-15-23-35-65-47(59)7-3)32-20-12-16-24-36-66-48(60)8-4/h5-8,25-28,37-38,41,49H,1-4,9-24,29-36H2,(H2,56,61,62). The van der Waals surface area contributed by atoms with Crippen LogP contribution in [0.4, 0.5) is 5.69 Å². The van der Waals surface area contributed by atoms with Gasteiger partial charge in [-0.3, -0.25) is 4.79 Å². The first-order valence-electron chi connectivity index (χ1n) is 23.4. The number of hydrogen-bond donors (Lipinski definition) is 2. The number of benzene rings is 1. The van der Waals surface area contributed by atoms with Crippen LogP contribution < -0.4 is 10.0 Å². The molecule has 14 nitrogen and oxygen atoms in total. The minimum Gasteiger partial charge on any atom is -0.872 e. The van der Waals surface area contributed by atoms with Gasteiger partial charge in [0.2, 0.25) is 5.71 Å². The first-order valence-corrected chi connectivity index (χ1v) is 23.4. The zero-order valence-corrected chi connectivity index (χ0v) is 38.6. The quantitative estimate of drug-likeness (QED) is 0.0218. The third-order valence-corrected chi connectivity index (χ3v) is 11.4. The molecule has 2 atom stereocenters. The first kappa shape index (κ1) is 54.2. The summed E-state index contributed by atoms with van der Waals surface area (Å²) in [5, 5.41) is 36.3. The summed E-state index contributed by atoms with van der Waals surface area (Å²) in [7, 11) is 0. The molecule has 14 heteroatoms. The highest BCUT2D eigenvalue weighted by Gasteiger charge is 2.46. The molecule has 0 fully saturated rings. The number of Topliss-reactive ketones (excluding diaryl/α,β-unsaturated/α-hetero) is 1. The Labute approximate surface area is 390 Å². The van der Waals surface area contributed by atoms with Gasteiger partial charge in [-0.05, 0) is 94.7 Å². The Kier molecular flexibility index (Phi) is 25.3. The highest BCUT2D eigenvalue weighted by molar-refractivity contribution is 6.30. The molecule has 0 spiro atoms. The summed E-state index contributed by atoms with van der Waals surface area (Å²) in [5.74, 6) is -4.68. The van der Waals surface area contributed by atoms with E-state index in [9.17, 15) is 39.3 Å². The van der Waals surface area contributed by atoms with Crippen molar-refractivity contribution < 1.29 is 62.8 Å². The van der Waals surface area contributed by atoms with E-state index in [0.717, 1.165) is 133 Å². The lowest BCUT2D eigenvalue weighted by Crippen LogP contribution is -2.38. The van der Waals surface area contributed by atoms with Crippen molar-refractivity contribution in [2.45, 2.75) is 103 Å². The molecule has 2 N–H and O–H groups in total. The summed E-state index contributed by atoms with van der Waals surface area (Å²) >= 11 is 0. The number of esters is 4. The average molecular weight is 915 g/mol. The van der Waals surface area contributed by atoms with E-state index in [1.807, 2.05) is 6.08 Å². The van der Waals surface area contributed by atoms with Gasteiger partial charge in [-0.25, -0.2) is 23.8 Å². The van der Waals surface area contributed by atoms with Crippen molar-refractivity contribution in [2.24, 2.45) is 11.8 Å². The number of aliphatic hydroxyl groups excluding tert-OH is 2. The van der Waals surface area contributed by atoms with Crippen LogP contribution >= 0.6 is 0 Å². The minimum atomic E-state index is -1.02. The van der Waals surface area contributed by atoms with E-state index in [4.69, 9.17) is 18.9 Å². The predicted octanol–water partition coefficient (Wildman–Crippen LogP) is 8.27. The number of unbranched alkanes of at least 4 members (excludes halogenated alkanes) is 12. The first-order chi connectivity index (χ1) is 31.9. The van der Waals surface area contributed by atoms with Gasteiger partial charge in [0, 0.05) is 68.1 Å². The summed E-state index contributed by atoms with van der Waals surface area (Å²) in [5.41, 5.74) is 1.57. The highest BCUT2D eigenvalue weighted by atomic mass is 16.5. The Morgan fingerprint density at radius 2 is 1.06 bits per heavy atom. The van der Waals surface area contributed by atoms with Crippen LogP contribution in [0.1, 0.15) is 108 Å². The molecular weight excluding hydrogens is 845 g/mol. The molecule has 0 saturated carbocycles. The molecule has 2 aliphatic carbocycles. The maximum atomic E-state index is 13.7. The van der Waals surface area contributed by atoms with E-state index in [0.29, 0.717) is 58.3 Å². The van der Waals surface area contributed by atoms with Crippen molar-refractivity contribution in [3.63, 3.8) is 0 Å². The van der Waals surface area contributed by atoms with Gasteiger partial charge in [-0.1, -0.05) is 57.0 Å². The lowest BCUT2D eigenvalue weighted by molar-refractivity contribution is -0.527. The molecule has 0 saturated heterocycles. The van der Waals surface area contributed by atoms with Gasteiger partial charge in [0.25, 0.3) is 0 Å². The van der Waals surface area contributed by atoms with Gasteiger partial charge in [0.1, 0.15) is 24.6 Å². The number of hydrogen-bond acceptors (Lipinski definition) is 13. The third-order valence-electron chi connectivity index (χ3n) is 11.4. The normalized spacial score (nSPS) is 15.2. The predicted molar refractivity (Wildman–Crippen MR) is 253 cm³/mol. The minimum absolute atomic E-state index is 0.0338. The molecule has 2 aliphatic rings. The van der Waals surface area contributed by atoms with Crippen molar-refractivity contribution in [3.8, 4) is 5.75 Å². The van der Waals surface area contributed by atoms with Gasteiger partial charge < -0.3 is 39.2 Å². The molecule has 2 unspecified atom stereocenters. The largest absolute Gasteiger partial charge is 0.872 e. The van der Waals surface area contributed by atoms with Crippen LogP contribution in [0.25, 0.3) is 5.57 Å². The zero-order chi connectivity index (χ0) is 48.1. The molecule has 0 radical (unpaired) electrons. The van der Waals surface area contributed by atoms with Crippen LogP contribution in [-0.4, -0.2) is 103 Å². The summed E-state index contributed by atoms with van der Waals surface area (Å²) in [6.45, 7) is 17.7. The Hall–Kier alpha value is -6.18. The number of rotatable bonds is 35. The van der Waals surface area contributed by atoms with Crippen molar-refractivity contribution in [3.05, 3.63) is 104 Å². The van der Waals surface area contributed by atoms with Gasteiger partial charge in [0.05, 0.1) is 43.8 Å². The summed E-state index contributed by atoms with van der Waals surface area (Å²) < 4.78 is 22.5. The maximum Gasteiger partial charge on any atom is 0.330 e. The van der Waals surface area contributed by atoms with Gasteiger partial charge in [-0.15, -0.1) is 0 Å². The van der Waals surface area contributed by atoms with Crippen molar-refractivity contribution in [1.29, 1.82) is 0 Å². The number of ketones is 1. The van der Waals surface area contributed by atoms with Crippen molar-refractivity contribution >= 4 is 46.6 Å². The smallest absolute Gasteiger partial charge is 0.330 e.